The lowest BCUT2D eigenvalue weighted by Gasteiger charge is -2.47. The zero-order valence-electron chi connectivity index (χ0n) is 11.8. The van der Waals surface area contributed by atoms with Crippen molar-refractivity contribution in [3.8, 4) is 0 Å². The van der Waals surface area contributed by atoms with E-state index in [2.05, 4.69) is 0 Å². The molecule has 114 valence electrons. The Hall–Kier alpha value is -1.59. The number of hydrogen-bond acceptors (Lipinski definition) is 3. The van der Waals surface area contributed by atoms with E-state index in [0.29, 0.717) is 31.0 Å². The number of benzene rings is 1. The number of nitrogens with zero attached hydrogens (tertiary/aromatic N) is 1. The van der Waals surface area contributed by atoms with Crippen molar-refractivity contribution in [2.75, 3.05) is 19.7 Å². The first-order chi connectivity index (χ1) is 9.89. The molecule has 1 aliphatic rings. The number of likely N-dealkylation sites (tertiary alicyclic amines) is 1. The van der Waals surface area contributed by atoms with Crippen LogP contribution in [0.1, 0.15) is 18.9 Å². The molecule has 1 saturated heterocycles. The van der Waals surface area contributed by atoms with Crippen LogP contribution in [-0.2, 0) is 20.7 Å². The highest BCUT2D eigenvalue weighted by Crippen LogP contribution is 2.26. The molecule has 1 N–H and O–H groups in total. The molecule has 1 aliphatic heterocycles. The Morgan fingerprint density at radius 1 is 1.38 bits per heavy atom. The maximum atomic E-state index is 12.0. The molecule has 21 heavy (non-hydrogen) atoms. The number of carboxylic acids is 1. The van der Waals surface area contributed by atoms with Crippen molar-refractivity contribution in [1.82, 2.24) is 4.90 Å². The molecule has 0 atom stereocenters. The number of hydrogen-bond donors (Lipinski definition) is 1. The smallest absolute Gasteiger partial charge is 0.329 e. The number of carboxylic acid groups (broad SMARTS) is 1. The van der Waals surface area contributed by atoms with Crippen LogP contribution in [0.15, 0.2) is 24.3 Å². The van der Waals surface area contributed by atoms with Crippen LogP contribution < -0.4 is 0 Å². The standard InChI is InChI=1S/C15H18ClNO4/c1-15(21-8-14(19)20)9-17(10-15)13(18)7-6-11-4-2-3-5-12(11)16/h2-5H,6-10H2,1H3,(H,19,20). The summed E-state index contributed by atoms with van der Waals surface area (Å²) in [6, 6.07) is 7.47. The van der Waals surface area contributed by atoms with Crippen molar-refractivity contribution in [2.45, 2.75) is 25.4 Å². The van der Waals surface area contributed by atoms with Crippen molar-refractivity contribution in [3.05, 3.63) is 34.9 Å². The molecule has 1 fully saturated rings. The summed E-state index contributed by atoms with van der Waals surface area (Å²) >= 11 is 6.05. The van der Waals surface area contributed by atoms with Gasteiger partial charge in [-0.15, -0.1) is 0 Å². The summed E-state index contributed by atoms with van der Waals surface area (Å²) in [6.45, 7) is 2.34. The van der Waals surface area contributed by atoms with Gasteiger partial charge >= 0.3 is 5.97 Å². The van der Waals surface area contributed by atoms with E-state index < -0.39 is 11.6 Å². The van der Waals surface area contributed by atoms with Gasteiger partial charge < -0.3 is 14.7 Å². The summed E-state index contributed by atoms with van der Waals surface area (Å²) in [5, 5.41) is 9.26. The quantitative estimate of drug-likeness (QED) is 0.872. The van der Waals surface area contributed by atoms with E-state index in [4.69, 9.17) is 21.4 Å². The van der Waals surface area contributed by atoms with Crippen molar-refractivity contribution in [3.63, 3.8) is 0 Å². The first-order valence-electron chi connectivity index (χ1n) is 6.76. The van der Waals surface area contributed by atoms with Crippen LogP contribution in [0, 0.1) is 0 Å². The third-order valence-electron chi connectivity index (χ3n) is 3.51. The van der Waals surface area contributed by atoms with E-state index in [1.54, 1.807) is 4.90 Å². The van der Waals surface area contributed by atoms with E-state index >= 15 is 0 Å². The molecular formula is C15H18ClNO4. The Morgan fingerprint density at radius 3 is 2.67 bits per heavy atom. The molecule has 0 saturated carbocycles. The molecule has 1 aromatic rings. The van der Waals surface area contributed by atoms with Gasteiger partial charge in [-0.1, -0.05) is 29.8 Å². The van der Waals surface area contributed by atoms with Gasteiger partial charge in [0.2, 0.25) is 5.91 Å². The fourth-order valence-corrected chi connectivity index (χ4v) is 2.60. The number of ether oxygens (including phenoxy) is 1. The predicted octanol–water partition coefficient (Wildman–Crippen LogP) is 1.97. The van der Waals surface area contributed by atoms with E-state index in [1.165, 1.54) is 0 Å². The number of carbonyl (C=O) groups excluding carboxylic acids is 1. The minimum absolute atomic E-state index is 0.0336. The number of aryl methyl sites for hydroxylation is 1. The summed E-state index contributed by atoms with van der Waals surface area (Å²) in [6.07, 6.45) is 0.987. The molecule has 1 aromatic carbocycles. The summed E-state index contributed by atoms with van der Waals surface area (Å²) in [4.78, 5) is 24.2. The van der Waals surface area contributed by atoms with Gasteiger partial charge in [0.25, 0.3) is 0 Å². The monoisotopic (exact) mass is 311 g/mol. The number of halogens is 1. The molecule has 2 rings (SSSR count). The second-order valence-corrected chi connectivity index (χ2v) is 5.88. The molecule has 1 amide bonds. The summed E-state index contributed by atoms with van der Waals surface area (Å²) < 4.78 is 5.27. The van der Waals surface area contributed by atoms with Crippen LogP contribution >= 0.6 is 11.6 Å². The summed E-state index contributed by atoms with van der Waals surface area (Å²) in [5.41, 5.74) is 0.413. The van der Waals surface area contributed by atoms with E-state index in [-0.39, 0.29) is 12.5 Å². The Morgan fingerprint density at radius 2 is 2.05 bits per heavy atom. The van der Waals surface area contributed by atoms with Gasteiger partial charge in [-0.25, -0.2) is 4.79 Å². The van der Waals surface area contributed by atoms with Gasteiger partial charge in [-0.3, -0.25) is 4.79 Å². The van der Waals surface area contributed by atoms with Gasteiger partial charge in [-0.05, 0) is 25.0 Å². The molecule has 0 aromatic heterocycles. The second kappa shape index (κ2) is 6.45. The van der Waals surface area contributed by atoms with Crippen LogP contribution in [-0.4, -0.2) is 47.2 Å². The van der Waals surface area contributed by atoms with E-state index in [9.17, 15) is 9.59 Å². The van der Waals surface area contributed by atoms with Crippen molar-refractivity contribution >= 4 is 23.5 Å². The highest BCUT2D eigenvalue weighted by atomic mass is 35.5. The van der Waals surface area contributed by atoms with Gasteiger partial charge in [0.1, 0.15) is 12.2 Å². The third-order valence-corrected chi connectivity index (χ3v) is 3.88. The first-order valence-corrected chi connectivity index (χ1v) is 7.14. The van der Waals surface area contributed by atoms with Crippen LogP contribution in [0.3, 0.4) is 0 Å². The molecule has 0 aliphatic carbocycles. The fraction of sp³-hybridized carbons (Fsp3) is 0.467. The molecule has 5 nitrogen and oxygen atoms in total. The second-order valence-electron chi connectivity index (χ2n) is 5.47. The SMILES string of the molecule is CC1(OCC(=O)O)CN(C(=O)CCc2ccccc2Cl)C1. The summed E-state index contributed by atoms with van der Waals surface area (Å²) in [7, 11) is 0. The lowest BCUT2D eigenvalue weighted by molar-refractivity contribution is -0.173. The Bertz CT molecular complexity index is 540. The topological polar surface area (TPSA) is 66.8 Å². The molecule has 0 bridgehead atoms. The lowest BCUT2D eigenvalue weighted by Crippen LogP contribution is -2.63. The average Bonchev–Trinajstić information content (AvgIpc) is 2.41. The van der Waals surface area contributed by atoms with Gasteiger partial charge in [0.05, 0.1) is 13.1 Å². The Kier molecular flexibility index (Phi) is 4.85. The number of aliphatic carboxylic acids is 1. The van der Waals surface area contributed by atoms with Gasteiger partial charge in [0, 0.05) is 11.4 Å². The predicted molar refractivity (Wildman–Crippen MR) is 78.3 cm³/mol. The summed E-state index contributed by atoms with van der Waals surface area (Å²) in [5.74, 6) is -0.967. The minimum atomic E-state index is -1.00. The highest BCUT2D eigenvalue weighted by Gasteiger charge is 2.42. The van der Waals surface area contributed by atoms with E-state index in [1.807, 2.05) is 31.2 Å². The van der Waals surface area contributed by atoms with Crippen LogP contribution in [0.2, 0.25) is 5.02 Å². The Labute approximate surface area is 128 Å². The third kappa shape index (κ3) is 4.19. The number of carbonyl (C=O) groups is 2. The lowest BCUT2D eigenvalue weighted by atomic mass is 9.95. The van der Waals surface area contributed by atoms with Gasteiger partial charge in [0.15, 0.2) is 0 Å². The van der Waals surface area contributed by atoms with Crippen molar-refractivity contribution < 1.29 is 19.4 Å². The number of rotatable bonds is 6. The number of amides is 1. The fourth-order valence-electron chi connectivity index (χ4n) is 2.37. The minimum Gasteiger partial charge on any atom is -0.480 e. The first kappa shape index (κ1) is 15.8. The molecule has 0 spiro atoms. The maximum absolute atomic E-state index is 12.0. The molecule has 0 unspecified atom stereocenters. The van der Waals surface area contributed by atoms with Crippen LogP contribution in [0.5, 0.6) is 0 Å². The van der Waals surface area contributed by atoms with E-state index in [0.717, 1.165) is 5.56 Å². The molecular weight excluding hydrogens is 294 g/mol. The van der Waals surface area contributed by atoms with Crippen LogP contribution in [0.25, 0.3) is 0 Å². The molecule has 0 radical (unpaired) electrons. The molecule has 6 heteroatoms. The zero-order chi connectivity index (χ0) is 15.5. The maximum Gasteiger partial charge on any atom is 0.329 e. The van der Waals surface area contributed by atoms with Crippen LogP contribution in [0.4, 0.5) is 0 Å². The van der Waals surface area contributed by atoms with Crippen molar-refractivity contribution in [2.24, 2.45) is 0 Å². The molecule has 1 heterocycles. The Balaban J connectivity index is 1.76. The zero-order valence-corrected chi connectivity index (χ0v) is 12.6. The average molecular weight is 312 g/mol. The largest absolute Gasteiger partial charge is 0.480 e. The highest BCUT2D eigenvalue weighted by molar-refractivity contribution is 6.31. The normalized spacial score (nSPS) is 16.4. The van der Waals surface area contributed by atoms with Gasteiger partial charge in [-0.2, -0.15) is 0 Å². The van der Waals surface area contributed by atoms with Crippen molar-refractivity contribution in [1.29, 1.82) is 0 Å².